The Balaban J connectivity index is 0.00000132. The molecule has 4 nitrogen and oxygen atoms in total. The van der Waals surface area contributed by atoms with Gasteiger partial charge in [0.2, 0.25) is 5.91 Å². The molecule has 1 aliphatic heterocycles. The van der Waals surface area contributed by atoms with Crippen LogP contribution >= 0.6 is 36.2 Å². The average Bonchev–Trinajstić information content (AvgIpc) is 3.06. The first-order valence-electron chi connectivity index (χ1n) is 7.58. The van der Waals surface area contributed by atoms with Crippen LogP contribution in [0.15, 0.2) is 24.3 Å². The summed E-state index contributed by atoms with van der Waals surface area (Å²) >= 11 is 1.71. The van der Waals surface area contributed by atoms with Gasteiger partial charge in [-0.2, -0.15) is 0 Å². The van der Waals surface area contributed by atoms with Crippen molar-refractivity contribution in [3.8, 4) is 0 Å². The predicted octanol–water partition coefficient (Wildman–Crippen LogP) is 3.33. The van der Waals surface area contributed by atoms with E-state index < -0.39 is 0 Å². The second kappa shape index (κ2) is 9.42. The Morgan fingerprint density at radius 3 is 2.91 bits per heavy atom. The first-order chi connectivity index (χ1) is 10.2. The number of nitrogens with one attached hydrogen (secondary N) is 2. The molecular weight excluding hydrogens is 353 g/mol. The van der Waals surface area contributed by atoms with Gasteiger partial charge in [0.25, 0.3) is 0 Å². The molecule has 1 saturated heterocycles. The molecule has 2 N–H and O–H groups in total. The molecule has 1 aliphatic rings. The molecule has 0 saturated carbocycles. The number of amides is 1. The van der Waals surface area contributed by atoms with Crippen LogP contribution in [-0.2, 0) is 11.2 Å². The molecule has 1 fully saturated rings. The lowest BCUT2D eigenvalue weighted by molar-refractivity contribution is -0.122. The maximum Gasteiger partial charge on any atom is 0.221 e. The van der Waals surface area contributed by atoms with E-state index in [4.69, 9.17) is 0 Å². The molecule has 0 spiro atoms. The molecule has 1 aromatic heterocycles. The van der Waals surface area contributed by atoms with E-state index in [1.165, 1.54) is 11.1 Å². The van der Waals surface area contributed by atoms with Crippen LogP contribution < -0.4 is 10.6 Å². The highest BCUT2D eigenvalue weighted by atomic mass is 35.5. The van der Waals surface area contributed by atoms with Crippen LogP contribution in [0.25, 0.3) is 10.2 Å². The van der Waals surface area contributed by atoms with Crippen molar-refractivity contribution >= 4 is 52.3 Å². The van der Waals surface area contributed by atoms with Gasteiger partial charge in [-0.3, -0.25) is 4.79 Å². The summed E-state index contributed by atoms with van der Waals surface area (Å²) in [7, 11) is 0. The summed E-state index contributed by atoms with van der Waals surface area (Å²) in [6.45, 7) is 3.09. The molecule has 0 bridgehead atoms. The summed E-state index contributed by atoms with van der Waals surface area (Å²) in [5, 5.41) is 7.53. The molecule has 0 radical (unpaired) electrons. The van der Waals surface area contributed by atoms with E-state index in [2.05, 4.69) is 21.7 Å². The van der Waals surface area contributed by atoms with Crippen molar-refractivity contribution in [2.24, 2.45) is 0 Å². The lowest BCUT2D eigenvalue weighted by atomic mass is 10.1. The molecule has 23 heavy (non-hydrogen) atoms. The second-order valence-corrected chi connectivity index (χ2v) is 6.86. The number of hydrogen-bond donors (Lipinski definition) is 2. The van der Waals surface area contributed by atoms with Gasteiger partial charge < -0.3 is 10.6 Å². The maximum atomic E-state index is 12.0. The van der Waals surface area contributed by atoms with Crippen molar-refractivity contribution in [2.45, 2.75) is 44.7 Å². The van der Waals surface area contributed by atoms with Gasteiger partial charge in [0.1, 0.15) is 0 Å². The van der Waals surface area contributed by atoms with E-state index >= 15 is 0 Å². The number of aromatic nitrogens is 1. The summed E-state index contributed by atoms with van der Waals surface area (Å²) in [5.74, 6) is 0.142. The summed E-state index contributed by atoms with van der Waals surface area (Å²) in [6, 6.07) is 8.64. The van der Waals surface area contributed by atoms with E-state index in [0.717, 1.165) is 29.9 Å². The lowest BCUT2D eigenvalue weighted by Gasteiger charge is -2.15. The van der Waals surface area contributed by atoms with Crippen molar-refractivity contribution in [3.63, 3.8) is 0 Å². The second-order valence-electron chi connectivity index (χ2n) is 5.75. The molecule has 1 amide bonds. The first kappa shape index (κ1) is 20.2. The van der Waals surface area contributed by atoms with Crippen LogP contribution in [0, 0.1) is 0 Å². The number of benzene rings is 1. The summed E-state index contributed by atoms with van der Waals surface area (Å²) in [5.41, 5.74) is 1.05. The van der Waals surface area contributed by atoms with E-state index in [0.29, 0.717) is 12.5 Å². The maximum absolute atomic E-state index is 12.0. The Morgan fingerprint density at radius 2 is 2.22 bits per heavy atom. The van der Waals surface area contributed by atoms with Crippen LogP contribution in [0.3, 0.4) is 0 Å². The summed E-state index contributed by atoms with van der Waals surface area (Å²) in [4.78, 5) is 16.6. The van der Waals surface area contributed by atoms with Crippen LogP contribution in [0.1, 0.15) is 31.2 Å². The Morgan fingerprint density at radius 1 is 1.43 bits per heavy atom. The zero-order valence-electron chi connectivity index (χ0n) is 13.1. The zero-order chi connectivity index (χ0) is 14.7. The molecule has 1 aromatic carbocycles. The van der Waals surface area contributed by atoms with Crippen LogP contribution in [0.5, 0.6) is 0 Å². The molecule has 7 heteroatoms. The van der Waals surface area contributed by atoms with Crippen LogP contribution in [0.4, 0.5) is 0 Å². The van der Waals surface area contributed by atoms with Crippen molar-refractivity contribution in [3.05, 3.63) is 29.3 Å². The summed E-state index contributed by atoms with van der Waals surface area (Å²) in [6.07, 6.45) is 3.67. The van der Waals surface area contributed by atoms with Gasteiger partial charge in [0, 0.05) is 24.9 Å². The number of rotatable bonds is 5. The van der Waals surface area contributed by atoms with Crippen LogP contribution in [-0.4, -0.2) is 29.5 Å². The van der Waals surface area contributed by atoms with E-state index in [-0.39, 0.29) is 36.8 Å². The highest BCUT2D eigenvalue weighted by molar-refractivity contribution is 7.18. The number of para-hydroxylation sites is 1. The molecule has 2 atom stereocenters. The van der Waals surface area contributed by atoms with Gasteiger partial charge in [-0.25, -0.2) is 4.98 Å². The average molecular weight is 376 g/mol. The molecule has 2 unspecified atom stereocenters. The minimum atomic E-state index is 0. The van der Waals surface area contributed by atoms with Crippen molar-refractivity contribution in [2.75, 3.05) is 6.54 Å². The Hall–Kier alpha value is -0.880. The van der Waals surface area contributed by atoms with E-state index in [1.54, 1.807) is 11.3 Å². The van der Waals surface area contributed by atoms with Gasteiger partial charge in [0.05, 0.1) is 15.2 Å². The Bertz CT molecular complexity index is 596. The highest BCUT2D eigenvalue weighted by Gasteiger charge is 2.19. The monoisotopic (exact) mass is 375 g/mol. The topological polar surface area (TPSA) is 54.0 Å². The van der Waals surface area contributed by atoms with Crippen molar-refractivity contribution < 1.29 is 4.79 Å². The number of carbonyl (C=O) groups is 1. The lowest BCUT2D eigenvalue weighted by Crippen LogP contribution is -2.37. The van der Waals surface area contributed by atoms with E-state index in [9.17, 15) is 4.79 Å². The fourth-order valence-corrected chi connectivity index (χ4v) is 3.90. The van der Waals surface area contributed by atoms with Gasteiger partial charge in [-0.15, -0.1) is 36.2 Å². The third-order valence-corrected chi connectivity index (χ3v) is 4.88. The molecule has 3 rings (SSSR count). The Labute approximate surface area is 153 Å². The zero-order valence-corrected chi connectivity index (χ0v) is 15.5. The third-order valence-electron chi connectivity index (χ3n) is 3.82. The highest BCUT2D eigenvalue weighted by Crippen LogP contribution is 2.22. The van der Waals surface area contributed by atoms with Crippen LogP contribution in [0.2, 0.25) is 0 Å². The Kier molecular flexibility index (Phi) is 8.26. The number of halogens is 2. The smallest absolute Gasteiger partial charge is 0.221 e. The number of fused-ring (bicyclic) bond motifs is 1. The minimum absolute atomic E-state index is 0. The fraction of sp³-hybridized carbons (Fsp3) is 0.500. The standard InChI is InChI=1S/C16H21N3OS.2ClH/c1-11(18-15(20)10-12-5-4-8-17-12)9-16-19-13-6-2-3-7-14(13)21-16;;/h2-3,6-7,11-12,17H,4-5,8-10H2,1H3,(H,18,20);2*1H. The number of nitrogens with zero attached hydrogens (tertiary/aromatic N) is 1. The molecule has 0 aliphatic carbocycles. The molecule has 2 aromatic rings. The molecular formula is C16H23Cl2N3OS. The number of carbonyl (C=O) groups excluding carboxylic acids is 1. The number of hydrogen-bond acceptors (Lipinski definition) is 4. The van der Waals surface area contributed by atoms with Gasteiger partial charge in [-0.05, 0) is 38.4 Å². The minimum Gasteiger partial charge on any atom is -0.353 e. The first-order valence-corrected chi connectivity index (χ1v) is 8.39. The number of thiazole rings is 1. The molecule has 2 heterocycles. The SMILES string of the molecule is CC(Cc1nc2ccccc2s1)NC(=O)CC1CCCN1.Cl.Cl. The largest absolute Gasteiger partial charge is 0.353 e. The van der Waals surface area contributed by atoms with Crippen molar-refractivity contribution in [1.29, 1.82) is 0 Å². The van der Waals surface area contributed by atoms with Gasteiger partial charge in [-0.1, -0.05) is 12.1 Å². The summed E-state index contributed by atoms with van der Waals surface area (Å²) < 4.78 is 1.21. The van der Waals surface area contributed by atoms with E-state index in [1.807, 2.05) is 25.1 Å². The van der Waals surface area contributed by atoms with Gasteiger partial charge >= 0.3 is 0 Å². The van der Waals surface area contributed by atoms with Crippen molar-refractivity contribution in [1.82, 2.24) is 15.6 Å². The van der Waals surface area contributed by atoms with Gasteiger partial charge in [0.15, 0.2) is 0 Å². The molecule has 128 valence electrons. The predicted molar refractivity (Wildman–Crippen MR) is 101 cm³/mol. The fourth-order valence-electron chi connectivity index (χ4n) is 2.81. The third kappa shape index (κ3) is 5.60. The normalized spacial score (nSPS) is 18.0. The quantitative estimate of drug-likeness (QED) is 0.842.